The van der Waals surface area contributed by atoms with Crippen molar-refractivity contribution in [1.82, 2.24) is 0 Å². The van der Waals surface area contributed by atoms with Crippen LogP contribution in [0, 0.1) is 0 Å². The van der Waals surface area contributed by atoms with E-state index in [0.29, 0.717) is 11.5 Å². The summed E-state index contributed by atoms with van der Waals surface area (Å²) in [4.78, 5) is 10.7. The van der Waals surface area contributed by atoms with E-state index in [1.165, 1.54) is 0 Å². The minimum atomic E-state index is -0.509. The molecule has 98 valence electrons. The number of primary amides is 1. The Morgan fingerprint density at radius 1 is 1.56 bits per heavy atom. The molecule has 1 aromatic rings. The molecule has 1 atom stereocenters. The molecule has 0 fully saturated rings. The van der Waals surface area contributed by atoms with Crippen LogP contribution < -0.4 is 20.9 Å². The molecule has 0 bridgehead atoms. The van der Waals surface area contributed by atoms with Crippen LogP contribution in [-0.4, -0.2) is 18.1 Å². The van der Waals surface area contributed by atoms with Gasteiger partial charge in [0.15, 0.2) is 6.61 Å². The maximum absolute atomic E-state index is 10.7. The van der Waals surface area contributed by atoms with Crippen LogP contribution in [0.25, 0.3) is 0 Å². The molecule has 1 aliphatic rings. The molecule has 5 heteroatoms. The van der Waals surface area contributed by atoms with Gasteiger partial charge in [0.2, 0.25) is 0 Å². The molecule has 0 saturated carbocycles. The second kappa shape index (κ2) is 4.49. The Morgan fingerprint density at radius 2 is 2.28 bits per heavy atom. The highest BCUT2D eigenvalue weighted by Gasteiger charge is 2.31. The molecule has 1 aliphatic heterocycles. The SMILES string of the molecule is CC1(C)CC(N)c2ccc(OCC(N)=O)cc2O1. The molecule has 1 unspecified atom stereocenters. The standard InChI is InChI=1S/C13H18N2O3/c1-13(2)6-10(14)9-4-3-8(5-11(9)18-13)17-7-12(15)16/h3-5,10H,6-7,14H2,1-2H3,(H2,15,16). The summed E-state index contributed by atoms with van der Waals surface area (Å²) >= 11 is 0. The Hall–Kier alpha value is -1.75. The zero-order valence-electron chi connectivity index (χ0n) is 10.6. The number of hydrogen-bond acceptors (Lipinski definition) is 4. The van der Waals surface area contributed by atoms with Crippen LogP contribution >= 0.6 is 0 Å². The van der Waals surface area contributed by atoms with Crippen LogP contribution in [0.2, 0.25) is 0 Å². The second-order valence-corrected chi connectivity index (χ2v) is 5.13. The first-order valence-corrected chi connectivity index (χ1v) is 5.87. The van der Waals surface area contributed by atoms with Gasteiger partial charge in [-0.2, -0.15) is 0 Å². The molecule has 1 heterocycles. The number of hydrogen-bond donors (Lipinski definition) is 2. The minimum absolute atomic E-state index is 0.0473. The first-order valence-electron chi connectivity index (χ1n) is 5.87. The van der Waals surface area contributed by atoms with E-state index in [-0.39, 0.29) is 18.2 Å². The lowest BCUT2D eigenvalue weighted by molar-refractivity contribution is -0.119. The number of amides is 1. The predicted octanol–water partition coefficient (Wildman–Crippen LogP) is 1.11. The molecular weight excluding hydrogens is 232 g/mol. The molecule has 0 saturated heterocycles. The number of ether oxygens (including phenoxy) is 2. The minimum Gasteiger partial charge on any atom is -0.487 e. The number of rotatable bonds is 3. The predicted molar refractivity (Wildman–Crippen MR) is 67.4 cm³/mol. The van der Waals surface area contributed by atoms with Crippen molar-refractivity contribution in [2.75, 3.05) is 6.61 Å². The fourth-order valence-electron chi connectivity index (χ4n) is 2.13. The zero-order valence-corrected chi connectivity index (χ0v) is 10.6. The Kier molecular flexibility index (Phi) is 3.17. The van der Waals surface area contributed by atoms with E-state index in [2.05, 4.69) is 0 Å². The molecule has 4 N–H and O–H groups in total. The van der Waals surface area contributed by atoms with E-state index in [9.17, 15) is 4.79 Å². The van der Waals surface area contributed by atoms with Crippen LogP contribution in [0.4, 0.5) is 0 Å². The molecule has 2 rings (SSSR count). The normalized spacial score (nSPS) is 20.7. The summed E-state index contributed by atoms with van der Waals surface area (Å²) in [5.74, 6) is 0.754. The third-order valence-corrected chi connectivity index (χ3v) is 2.86. The first kappa shape index (κ1) is 12.7. The highest BCUT2D eigenvalue weighted by Crippen LogP contribution is 2.39. The van der Waals surface area contributed by atoms with E-state index in [0.717, 1.165) is 12.0 Å². The van der Waals surface area contributed by atoms with Crippen LogP contribution in [0.1, 0.15) is 31.9 Å². The van der Waals surface area contributed by atoms with Crippen molar-refractivity contribution in [2.45, 2.75) is 31.9 Å². The molecule has 0 aliphatic carbocycles. The average molecular weight is 250 g/mol. The van der Waals surface area contributed by atoms with Crippen molar-refractivity contribution >= 4 is 5.91 Å². The molecule has 18 heavy (non-hydrogen) atoms. The van der Waals surface area contributed by atoms with Crippen molar-refractivity contribution in [1.29, 1.82) is 0 Å². The average Bonchev–Trinajstić information content (AvgIpc) is 2.24. The lowest BCUT2D eigenvalue weighted by Crippen LogP contribution is -2.37. The number of carbonyl (C=O) groups is 1. The first-order chi connectivity index (χ1) is 8.37. The monoisotopic (exact) mass is 250 g/mol. The summed E-state index contributed by atoms with van der Waals surface area (Å²) in [5, 5.41) is 0. The van der Waals surface area contributed by atoms with Gasteiger partial charge in [-0.05, 0) is 19.9 Å². The molecule has 5 nitrogen and oxygen atoms in total. The highest BCUT2D eigenvalue weighted by atomic mass is 16.5. The van der Waals surface area contributed by atoms with Crippen molar-refractivity contribution in [2.24, 2.45) is 11.5 Å². The maximum atomic E-state index is 10.7. The van der Waals surface area contributed by atoms with E-state index in [4.69, 9.17) is 20.9 Å². The fraction of sp³-hybridized carbons (Fsp3) is 0.462. The van der Waals surface area contributed by atoms with Gasteiger partial charge in [-0.25, -0.2) is 0 Å². The number of carbonyl (C=O) groups excluding carboxylic acids is 1. The van der Waals surface area contributed by atoms with E-state index in [1.807, 2.05) is 19.9 Å². The number of benzene rings is 1. The smallest absolute Gasteiger partial charge is 0.255 e. The Morgan fingerprint density at radius 3 is 2.94 bits per heavy atom. The Balaban J connectivity index is 2.23. The van der Waals surface area contributed by atoms with E-state index < -0.39 is 5.91 Å². The van der Waals surface area contributed by atoms with Gasteiger partial charge in [0.1, 0.15) is 17.1 Å². The van der Waals surface area contributed by atoms with Gasteiger partial charge in [-0.3, -0.25) is 4.79 Å². The fourth-order valence-corrected chi connectivity index (χ4v) is 2.13. The summed E-state index contributed by atoms with van der Waals surface area (Å²) in [6.45, 7) is 3.84. The van der Waals surface area contributed by atoms with Crippen molar-refractivity contribution in [3.05, 3.63) is 23.8 Å². The van der Waals surface area contributed by atoms with Gasteiger partial charge >= 0.3 is 0 Å². The zero-order chi connectivity index (χ0) is 13.3. The van der Waals surface area contributed by atoms with Crippen LogP contribution in [0.15, 0.2) is 18.2 Å². The Labute approximate surface area is 106 Å². The number of fused-ring (bicyclic) bond motifs is 1. The van der Waals surface area contributed by atoms with Crippen molar-refractivity contribution in [3.8, 4) is 11.5 Å². The second-order valence-electron chi connectivity index (χ2n) is 5.13. The lowest BCUT2D eigenvalue weighted by atomic mass is 9.90. The third-order valence-electron chi connectivity index (χ3n) is 2.86. The highest BCUT2D eigenvalue weighted by molar-refractivity contribution is 5.75. The summed E-state index contributed by atoms with van der Waals surface area (Å²) in [7, 11) is 0. The summed E-state index contributed by atoms with van der Waals surface area (Å²) in [5.41, 5.74) is 11.8. The van der Waals surface area contributed by atoms with E-state index in [1.54, 1.807) is 12.1 Å². The molecule has 1 amide bonds. The molecule has 0 spiro atoms. The van der Waals surface area contributed by atoms with Crippen LogP contribution in [-0.2, 0) is 4.79 Å². The van der Waals surface area contributed by atoms with Gasteiger partial charge in [0.05, 0.1) is 0 Å². The number of nitrogens with two attached hydrogens (primary N) is 2. The van der Waals surface area contributed by atoms with Gasteiger partial charge in [0.25, 0.3) is 5.91 Å². The van der Waals surface area contributed by atoms with Crippen LogP contribution in [0.3, 0.4) is 0 Å². The van der Waals surface area contributed by atoms with E-state index >= 15 is 0 Å². The topological polar surface area (TPSA) is 87.6 Å². The maximum Gasteiger partial charge on any atom is 0.255 e. The molecule has 0 aromatic heterocycles. The summed E-state index contributed by atoms with van der Waals surface area (Å²) in [6, 6.07) is 5.34. The summed E-state index contributed by atoms with van der Waals surface area (Å²) < 4.78 is 11.1. The van der Waals surface area contributed by atoms with Gasteiger partial charge in [-0.15, -0.1) is 0 Å². The van der Waals surface area contributed by atoms with Gasteiger partial charge < -0.3 is 20.9 Å². The quantitative estimate of drug-likeness (QED) is 0.841. The largest absolute Gasteiger partial charge is 0.487 e. The molecule has 1 aromatic carbocycles. The molecular formula is C13H18N2O3. The van der Waals surface area contributed by atoms with Crippen molar-refractivity contribution in [3.63, 3.8) is 0 Å². The lowest BCUT2D eigenvalue weighted by Gasteiger charge is -2.36. The van der Waals surface area contributed by atoms with Crippen molar-refractivity contribution < 1.29 is 14.3 Å². The third kappa shape index (κ3) is 2.73. The summed E-state index contributed by atoms with van der Waals surface area (Å²) in [6.07, 6.45) is 0.765. The Bertz CT molecular complexity index is 471. The van der Waals surface area contributed by atoms with Gasteiger partial charge in [-0.1, -0.05) is 6.07 Å². The molecule has 0 radical (unpaired) electrons. The van der Waals surface area contributed by atoms with Crippen LogP contribution in [0.5, 0.6) is 11.5 Å². The van der Waals surface area contributed by atoms with Gasteiger partial charge in [0, 0.05) is 24.1 Å².